The molecule has 0 atom stereocenters. The van der Waals surface area contributed by atoms with E-state index in [0.717, 1.165) is 18.2 Å². The van der Waals surface area contributed by atoms with Gasteiger partial charge in [-0.05, 0) is 30.3 Å². The summed E-state index contributed by atoms with van der Waals surface area (Å²) >= 11 is 0. The van der Waals surface area contributed by atoms with Crippen LogP contribution in [0.2, 0.25) is 0 Å². The normalized spacial score (nSPS) is 11.2. The zero-order chi connectivity index (χ0) is 16.5. The van der Waals surface area contributed by atoms with Crippen LogP contribution in [0.1, 0.15) is 0 Å². The number of hydrogen-bond acceptors (Lipinski definition) is 4. The van der Waals surface area contributed by atoms with Crippen LogP contribution in [0, 0.1) is 27.6 Å². The van der Waals surface area contributed by atoms with E-state index in [2.05, 4.69) is 0 Å². The van der Waals surface area contributed by atoms with Gasteiger partial charge in [0.05, 0.1) is 15.9 Å². The third kappa shape index (κ3) is 3.17. The van der Waals surface area contributed by atoms with Crippen LogP contribution in [-0.2, 0) is 10.0 Å². The summed E-state index contributed by atoms with van der Waals surface area (Å²) in [4.78, 5) is 9.18. The molecule has 0 fully saturated rings. The molecule has 1 N–H and O–H groups in total. The summed E-state index contributed by atoms with van der Waals surface area (Å²) in [5, 5.41) is 10.8. The molecule has 0 aliphatic carbocycles. The summed E-state index contributed by atoms with van der Waals surface area (Å²) in [5.74, 6) is -3.56. The van der Waals surface area contributed by atoms with E-state index in [1.54, 1.807) is 0 Å². The van der Waals surface area contributed by atoms with Crippen LogP contribution in [0.15, 0.2) is 41.3 Å². The molecule has 6 nitrogen and oxygen atoms in total. The molecule has 0 spiro atoms. The topological polar surface area (TPSA) is 89.3 Å². The van der Waals surface area contributed by atoms with Crippen LogP contribution in [-0.4, -0.2) is 13.3 Å². The number of sulfonamides is 1. The molecule has 0 heterocycles. The Balaban J connectivity index is 2.45. The first-order valence-electron chi connectivity index (χ1n) is 5.62. The molecule has 0 amide bonds. The van der Waals surface area contributed by atoms with Gasteiger partial charge in [-0.1, -0.05) is 0 Å². The Hall–Kier alpha value is -2.62. The molecule has 0 bridgehead atoms. The number of halogens is 3. The average molecular weight is 332 g/mol. The first kappa shape index (κ1) is 15.8. The predicted molar refractivity (Wildman–Crippen MR) is 70.2 cm³/mol. The molecule has 0 saturated heterocycles. The van der Waals surface area contributed by atoms with E-state index >= 15 is 0 Å². The molecule has 0 aliphatic rings. The van der Waals surface area contributed by atoms with Gasteiger partial charge in [-0.2, -0.15) is 0 Å². The third-order valence-corrected chi connectivity index (χ3v) is 3.97. The van der Waals surface area contributed by atoms with E-state index in [0.29, 0.717) is 18.2 Å². The second kappa shape index (κ2) is 5.64. The van der Waals surface area contributed by atoms with Crippen LogP contribution in [0.3, 0.4) is 0 Å². The number of benzene rings is 2. The summed E-state index contributed by atoms with van der Waals surface area (Å²) in [7, 11) is -4.41. The molecular formula is C12H7F3N2O4S. The van der Waals surface area contributed by atoms with Crippen molar-refractivity contribution < 1.29 is 26.5 Å². The van der Waals surface area contributed by atoms with Gasteiger partial charge in [0.2, 0.25) is 0 Å². The van der Waals surface area contributed by atoms with Gasteiger partial charge in [0.15, 0.2) is 11.6 Å². The summed E-state index contributed by atoms with van der Waals surface area (Å²) in [6.07, 6.45) is 0. The quantitative estimate of drug-likeness (QED) is 0.689. The Morgan fingerprint density at radius 2 is 1.68 bits per heavy atom. The van der Waals surface area contributed by atoms with E-state index in [-0.39, 0.29) is 0 Å². The number of hydrogen-bond donors (Lipinski definition) is 1. The second-order valence-electron chi connectivity index (χ2n) is 4.10. The monoisotopic (exact) mass is 332 g/mol. The highest BCUT2D eigenvalue weighted by atomic mass is 32.2. The van der Waals surface area contributed by atoms with Crippen molar-refractivity contribution >= 4 is 21.4 Å². The lowest BCUT2D eigenvalue weighted by Gasteiger charge is -2.08. The van der Waals surface area contributed by atoms with Crippen molar-refractivity contribution in [3.8, 4) is 0 Å². The van der Waals surface area contributed by atoms with Crippen LogP contribution >= 0.6 is 0 Å². The number of nitro groups is 1. The van der Waals surface area contributed by atoms with E-state index in [1.165, 1.54) is 0 Å². The average Bonchev–Trinajstić information content (AvgIpc) is 2.43. The smallest absolute Gasteiger partial charge is 0.273 e. The lowest BCUT2D eigenvalue weighted by molar-refractivity contribution is -0.384. The highest BCUT2D eigenvalue weighted by molar-refractivity contribution is 7.92. The zero-order valence-electron chi connectivity index (χ0n) is 10.6. The van der Waals surface area contributed by atoms with Gasteiger partial charge in [0, 0.05) is 0 Å². The number of rotatable bonds is 4. The zero-order valence-corrected chi connectivity index (χ0v) is 11.4. The van der Waals surface area contributed by atoms with Crippen LogP contribution in [0.4, 0.5) is 24.5 Å². The highest BCUT2D eigenvalue weighted by Gasteiger charge is 2.22. The fraction of sp³-hybridized carbons (Fsp3) is 0. The minimum absolute atomic E-state index is 0.424. The van der Waals surface area contributed by atoms with E-state index in [4.69, 9.17) is 0 Å². The van der Waals surface area contributed by atoms with Crippen molar-refractivity contribution in [3.63, 3.8) is 0 Å². The van der Waals surface area contributed by atoms with Gasteiger partial charge >= 0.3 is 0 Å². The number of nitrogens with one attached hydrogen (secondary N) is 1. The van der Waals surface area contributed by atoms with E-state index < -0.39 is 48.7 Å². The van der Waals surface area contributed by atoms with Crippen molar-refractivity contribution in [2.75, 3.05) is 4.72 Å². The number of anilines is 1. The van der Waals surface area contributed by atoms with Gasteiger partial charge in [-0.15, -0.1) is 0 Å². The Morgan fingerprint density at radius 1 is 1.00 bits per heavy atom. The highest BCUT2D eigenvalue weighted by Crippen LogP contribution is 2.27. The standard InChI is InChI=1S/C12H7F3N2O4S/c13-7-1-4-11(12(5-7)17(18)19)16-22(20,21)8-2-3-9(14)10(15)6-8/h1-6,16H. The first-order valence-corrected chi connectivity index (χ1v) is 7.11. The van der Waals surface area contributed by atoms with Gasteiger partial charge in [-0.3, -0.25) is 14.8 Å². The van der Waals surface area contributed by atoms with Crippen LogP contribution < -0.4 is 4.72 Å². The maximum atomic E-state index is 13.1. The lowest BCUT2D eigenvalue weighted by Crippen LogP contribution is -2.14. The molecule has 10 heteroatoms. The van der Waals surface area contributed by atoms with E-state index in [1.807, 2.05) is 4.72 Å². The van der Waals surface area contributed by atoms with E-state index in [9.17, 15) is 31.7 Å². The molecule has 22 heavy (non-hydrogen) atoms. The summed E-state index contributed by atoms with van der Waals surface area (Å²) in [6, 6.07) is 4.01. The largest absolute Gasteiger partial charge is 0.296 e. The van der Waals surface area contributed by atoms with Gasteiger partial charge in [0.25, 0.3) is 15.7 Å². The molecule has 2 rings (SSSR count). The summed E-state index contributed by atoms with van der Waals surface area (Å²) in [6.45, 7) is 0. The SMILES string of the molecule is O=[N+]([O-])c1cc(F)ccc1NS(=O)(=O)c1ccc(F)c(F)c1. The maximum Gasteiger partial charge on any atom is 0.296 e. The summed E-state index contributed by atoms with van der Waals surface area (Å²) in [5.41, 5.74) is -1.32. The molecule has 0 radical (unpaired) electrons. The Bertz CT molecular complexity index is 855. The molecule has 2 aromatic rings. The first-order chi connectivity index (χ1) is 10.2. The minimum Gasteiger partial charge on any atom is -0.273 e. The van der Waals surface area contributed by atoms with Crippen molar-refractivity contribution in [1.29, 1.82) is 0 Å². The Morgan fingerprint density at radius 3 is 2.27 bits per heavy atom. The fourth-order valence-corrected chi connectivity index (χ4v) is 2.68. The van der Waals surface area contributed by atoms with Gasteiger partial charge < -0.3 is 0 Å². The molecule has 0 aromatic heterocycles. The molecule has 2 aromatic carbocycles. The second-order valence-corrected chi connectivity index (χ2v) is 5.78. The Kier molecular flexibility index (Phi) is 4.04. The third-order valence-electron chi connectivity index (χ3n) is 2.60. The maximum absolute atomic E-state index is 13.1. The molecular weight excluding hydrogens is 325 g/mol. The van der Waals surface area contributed by atoms with Crippen molar-refractivity contribution in [3.05, 3.63) is 64.0 Å². The lowest BCUT2D eigenvalue weighted by atomic mass is 10.3. The molecule has 116 valence electrons. The van der Waals surface area contributed by atoms with Crippen LogP contribution in [0.5, 0.6) is 0 Å². The number of nitro benzene ring substituents is 1. The Labute approximate surface area is 122 Å². The fourth-order valence-electron chi connectivity index (χ4n) is 1.59. The molecule has 0 aliphatic heterocycles. The summed E-state index contributed by atoms with van der Waals surface area (Å²) < 4.78 is 64.7. The molecule has 0 unspecified atom stereocenters. The predicted octanol–water partition coefficient (Wildman–Crippen LogP) is 2.81. The van der Waals surface area contributed by atoms with Crippen molar-refractivity contribution in [1.82, 2.24) is 0 Å². The van der Waals surface area contributed by atoms with Crippen molar-refractivity contribution in [2.24, 2.45) is 0 Å². The number of nitrogens with zero attached hydrogens (tertiary/aromatic N) is 1. The molecule has 0 saturated carbocycles. The van der Waals surface area contributed by atoms with Gasteiger partial charge in [0.1, 0.15) is 11.5 Å². The minimum atomic E-state index is -4.41. The van der Waals surface area contributed by atoms with Crippen molar-refractivity contribution in [2.45, 2.75) is 4.90 Å². The van der Waals surface area contributed by atoms with Crippen LogP contribution in [0.25, 0.3) is 0 Å². The van der Waals surface area contributed by atoms with Gasteiger partial charge in [-0.25, -0.2) is 21.6 Å².